The average Bonchev–Trinajstić information content (AvgIpc) is 2.45. The number of benzene rings is 2. The van der Waals surface area contributed by atoms with Crippen molar-refractivity contribution in [2.75, 3.05) is 17.7 Å². The first-order valence-corrected chi connectivity index (χ1v) is 6.79. The van der Waals surface area contributed by atoms with Gasteiger partial charge in [0.25, 0.3) is 5.69 Å². The SMILES string of the molecule is CC(c1ccc(Cl)cc1)N(C)c1cc(N)cc([N+](=O)[O-])c1. The van der Waals surface area contributed by atoms with Crippen LogP contribution in [0.25, 0.3) is 0 Å². The number of nitrogens with two attached hydrogens (primary N) is 1. The summed E-state index contributed by atoms with van der Waals surface area (Å²) >= 11 is 5.88. The van der Waals surface area contributed by atoms with E-state index in [-0.39, 0.29) is 11.7 Å². The van der Waals surface area contributed by atoms with Gasteiger partial charge >= 0.3 is 0 Å². The van der Waals surface area contributed by atoms with Gasteiger partial charge in [-0.25, -0.2) is 0 Å². The van der Waals surface area contributed by atoms with Crippen molar-refractivity contribution in [1.82, 2.24) is 0 Å². The van der Waals surface area contributed by atoms with E-state index in [1.165, 1.54) is 12.1 Å². The monoisotopic (exact) mass is 305 g/mol. The smallest absolute Gasteiger partial charge is 0.273 e. The van der Waals surface area contributed by atoms with E-state index in [0.29, 0.717) is 16.4 Å². The Morgan fingerprint density at radius 2 is 1.86 bits per heavy atom. The molecule has 0 aliphatic carbocycles. The van der Waals surface area contributed by atoms with Crippen molar-refractivity contribution in [2.24, 2.45) is 0 Å². The largest absolute Gasteiger partial charge is 0.398 e. The summed E-state index contributed by atoms with van der Waals surface area (Å²) in [7, 11) is 1.87. The Bertz CT molecular complexity index is 658. The number of nitrogen functional groups attached to an aromatic ring is 1. The molecule has 0 aliphatic heterocycles. The Balaban J connectivity index is 2.32. The molecule has 110 valence electrons. The summed E-state index contributed by atoms with van der Waals surface area (Å²) in [5, 5.41) is 11.6. The molecule has 0 fully saturated rings. The van der Waals surface area contributed by atoms with Crippen molar-refractivity contribution < 1.29 is 4.92 Å². The summed E-state index contributed by atoms with van der Waals surface area (Å²) < 4.78 is 0. The van der Waals surface area contributed by atoms with E-state index in [2.05, 4.69) is 0 Å². The van der Waals surface area contributed by atoms with Crippen molar-refractivity contribution in [3.8, 4) is 0 Å². The highest BCUT2D eigenvalue weighted by atomic mass is 35.5. The number of nitrogens with zero attached hydrogens (tertiary/aromatic N) is 2. The van der Waals surface area contributed by atoms with Crippen LogP contribution >= 0.6 is 11.6 Å². The summed E-state index contributed by atoms with van der Waals surface area (Å²) in [6.07, 6.45) is 0. The van der Waals surface area contributed by atoms with E-state index >= 15 is 0 Å². The number of hydrogen-bond donors (Lipinski definition) is 1. The second-order valence-corrected chi connectivity index (χ2v) is 5.31. The molecule has 0 bridgehead atoms. The van der Waals surface area contributed by atoms with Crippen LogP contribution in [-0.4, -0.2) is 12.0 Å². The van der Waals surface area contributed by atoms with E-state index in [9.17, 15) is 10.1 Å². The third-order valence-electron chi connectivity index (χ3n) is 3.48. The molecule has 5 nitrogen and oxygen atoms in total. The topological polar surface area (TPSA) is 72.4 Å². The number of halogens is 1. The van der Waals surface area contributed by atoms with Gasteiger partial charge in [-0.05, 0) is 30.7 Å². The Morgan fingerprint density at radius 1 is 1.24 bits per heavy atom. The Morgan fingerprint density at radius 3 is 2.43 bits per heavy atom. The fourth-order valence-corrected chi connectivity index (χ4v) is 2.24. The second kappa shape index (κ2) is 6.01. The van der Waals surface area contributed by atoms with Crippen LogP contribution in [0.5, 0.6) is 0 Å². The summed E-state index contributed by atoms with van der Waals surface area (Å²) in [5.74, 6) is 0. The summed E-state index contributed by atoms with van der Waals surface area (Å²) in [6.45, 7) is 2.01. The van der Waals surface area contributed by atoms with Crippen LogP contribution in [0.4, 0.5) is 17.1 Å². The molecule has 0 spiro atoms. The standard InChI is InChI=1S/C15H16ClN3O2/c1-10(11-3-5-12(16)6-4-11)18(2)14-7-13(17)8-15(9-14)19(20)21/h3-10H,17H2,1-2H3. The van der Waals surface area contributed by atoms with Crippen molar-refractivity contribution in [3.63, 3.8) is 0 Å². The minimum Gasteiger partial charge on any atom is -0.398 e. The Labute approximate surface area is 128 Å². The number of rotatable bonds is 4. The molecule has 21 heavy (non-hydrogen) atoms. The normalized spacial score (nSPS) is 12.0. The molecule has 0 saturated heterocycles. The van der Waals surface area contributed by atoms with Crippen molar-refractivity contribution >= 4 is 28.7 Å². The van der Waals surface area contributed by atoms with Gasteiger partial charge in [0.05, 0.1) is 11.0 Å². The van der Waals surface area contributed by atoms with Gasteiger partial charge in [0, 0.05) is 35.6 Å². The molecular formula is C15H16ClN3O2. The van der Waals surface area contributed by atoms with Crippen molar-refractivity contribution in [3.05, 3.63) is 63.2 Å². The third-order valence-corrected chi connectivity index (χ3v) is 3.73. The molecule has 0 amide bonds. The molecule has 0 saturated carbocycles. The highest BCUT2D eigenvalue weighted by molar-refractivity contribution is 6.30. The fourth-order valence-electron chi connectivity index (χ4n) is 2.12. The highest BCUT2D eigenvalue weighted by Gasteiger charge is 2.16. The summed E-state index contributed by atoms with van der Waals surface area (Å²) in [6, 6.07) is 12.1. The van der Waals surface area contributed by atoms with E-state index < -0.39 is 4.92 Å². The van der Waals surface area contributed by atoms with Gasteiger partial charge in [0.2, 0.25) is 0 Å². The molecule has 1 atom stereocenters. The van der Waals surface area contributed by atoms with E-state index in [4.69, 9.17) is 17.3 Å². The zero-order chi connectivity index (χ0) is 15.6. The highest BCUT2D eigenvalue weighted by Crippen LogP contribution is 2.30. The average molecular weight is 306 g/mol. The number of hydrogen-bond acceptors (Lipinski definition) is 4. The summed E-state index contributed by atoms with van der Waals surface area (Å²) in [4.78, 5) is 12.4. The molecule has 0 radical (unpaired) electrons. The lowest BCUT2D eigenvalue weighted by Crippen LogP contribution is -2.21. The van der Waals surface area contributed by atoms with Crippen LogP contribution < -0.4 is 10.6 Å². The predicted octanol–water partition coefficient (Wildman–Crippen LogP) is 4.03. The molecule has 1 unspecified atom stereocenters. The van der Waals surface area contributed by atoms with Gasteiger partial charge in [-0.3, -0.25) is 10.1 Å². The molecule has 6 heteroatoms. The van der Waals surface area contributed by atoms with Crippen LogP contribution in [0.3, 0.4) is 0 Å². The Kier molecular flexibility index (Phi) is 4.33. The van der Waals surface area contributed by atoms with Crippen LogP contribution in [0.2, 0.25) is 5.02 Å². The molecule has 0 aliphatic rings. The number of nitro groups is 1. The van der Waals surface area contributed by atoms with Gasteiger partial charge in [-0.2, -0.15) is 0 Å². The number of anilines is 2. The van der Waals surface area contributed by atoms with Gasteiger partial charge < -0.3 is 10.6 Å². The summed E-state index contributed by atoms with van der Waals surface area (Å²) in [5.41, 5.74) is 7.86. The first-order chi connectivity index (χ1) is 9.88. The maximum atomic E-state index is 10.9. The molecule has 0 aromatic heterocycles. The van der Waals surface area contributed by atoms with Crippen molar-refractivity contribution in [2.45, 2.75) is 13.0 Å². The first kappa shape index (κ1) is 15.1. The van der Waals surface area contributed by atoms with E-state index in [1.54, 1.807) is 6.07 Å². The number of nitro benzene ring substituents is 1. The maximum absolute atomic E-state index is 10.9. The minimum absolute atomic E-state index is 0.0137. The van der Waals surface area contributed by atoms with Gasteiger partial charge in [0.1, 0.15) is 0 Å². The van der Waals surface area contributed by atoms with Crippen LogP contribution in [0.15, 0.2) is 42.5 Å². The van der Waals surface area contributed by atoms with Crippen LogP contribution in [0.1, 0.15) is 18.5 Å². The lowest BCUT2D eigenvalue weighted by molar-refractivity contribution is -0.384. The minimum atomic E-state index is -0.444. The van der Waals surface area contributed by atoms with Crippen molar-refractivity contribution in [1.29, 1.82) is 0 Å². The molecular weight excluding hydrogens is 290 g/mol. The van der Waals surface area contributed by atoms with Gasteiger partial charge in [-0.15, -0.1) is 0 Å². The second-order valence-electron chi connectivity index (χ2n) is 4.88. The van der Waals surface area contributed by atoms with E-state index in [1.807, 2.05) is 43.1 Å². The lowest BCUT2D eigenvalue weighted by atomic mass is 10.1. The zero-order valence-electron chi connectivity index (χ0n) is 11.8. The van der Waals surface area contributed by atoms with Crippen LogP contribution in [0, 0.1) is 10.1 Å². The quantitative estimate of drug-likeness (QED) is 0.526. The predicted molar refractivity (Wildman–Crippen MR) is 85.8 cm³/mol. The molecule has 0 heterocycles. The third kappa shape index (κ3) is 3.44. The molecule has 2 aromatic carbocycles. The molecule has 2 N–H and O–H groups in total. The first-order valence-electron chi connectivity index (χ1n) is 6.41. The fraction of sp³-hybridized carbons (Fsp3) is 0.200. The number of non-ortho nitro benzene ring substituents is 1. The molecule has 2 aromatic rings. The van der Waals surface area contributed by atoms with Gasteiger partial charge in [-0.1, -0.05) is 23.7 Å². The van der Waals surface area contributed by atoms with E-state index in [0.717, 1.165) is 5.56 Å². The maximum Gasteiger partial charge on any atom is 0.273 e. The van der Waals surface area contributed by atoms with Gasteiger partial charge in [0.15, 0.2) is 0 Å². The zero-order valence-corrected chi connectivity index (χ0v) is 12.5. The lowest BCUT2D eigenvalue weighted by Gasteiger charge is -2.27. The molecule has 2 rings (SSSR count). The van der Waals surface area contributed by atoms with Crippen LogP contribution in [-0.2, 0) is 0 Å². The Hall–Kier alpha value is -2.27.